The van der Waals surface area contributed by atoms with E-state index < -0.39 is 0 Å². The predicted octanol–water partition coefficient (Wildman–Crippen LogP) is 6.72. The molecule has 1 aliphatic rings. The van der Waals surface area contributed by atoms with Gasteiger partial charge in [-0.15, -0.1) is 11.3 Å². The SMILES string of the molecule is c1cc(Nc2ccc3scnc3c2)c2cc(-c3ccc(C4CCNCC4)cc3)ccc2n1. The molecule has 6 rings (SSSR count). The van der Waals surface area contributed by atoms with Gasteiger partial charge in [-0.25, -0.2) is 4.98 Å². The lowest BCUT2D eigenvalue weighted by atomic mass is 9.89. The molecule has 0 radical (unpaired) electrons. The first-order chi connectivity index (χ1) is 15.8. The van der Waals surface area contributed by atoms with E-state index in [1.54, 1.807) is 11.3 Å². The van der Waals surface area contributed by atoms with Crippen molar-refractivity contribution in [1.29, 1.82) is 0 Å². The van der Waals surface area contributed by atoms with E-state index in [4.69, 9.17) is 0 Å². The van der Waals surface area contributed by atoms with Crippen molar-refractivity contribution in [3.63, 3.8) is 0 Å². The Labute approximate surface area is 191 Å². The summed E-state index contributed by atoms with van der Waals surface area (Å²) in [6.07, 6.45) is 4.31. The van der Waals surface area contributed by atoms with Crippen molar-refractivity contribution >= 4 is 43.8 Å². The number of benzene rings is 3. The molecule has 1 aliphatic heterocycles. The Morgan fingerprint density at radius 2 is 1.66 bits per heavy atom. The van der Waals surface area contributed by atoms with Crippen LogP contribution >= 0.6 is 11.3 Å². The highest BCUT2D eigenvalue weighted by atomic mass is 32.1. The van der Waals surface area contributed by atoms with Crippen LogP contribution in [0, 0.1) is 0 Å². The maximum Gasteiger partial charge on any atom is 0.0832 e. The van der Waals surface area contributed by atoms with Gasteiger partial charge in [-0.1, -0.05) is 30.3 Å². The Morgan fingerprint density at radius 1 is 0.812 bits per heavy atom. The minimum Gasteiger partial charge on any atom is -0.355 e. The highest BCUT2D eigenvalue weighted by molar-refractivity contribution is 7.16. The Balaban J connectivity index is 1.32. The first kappa shape index (κ1) is 19.4. The molecule has 2 N–H and O–H groups in total. The fourth-order valence-corrected chi connectivity index (χ4v) is 5.29. The molecule has 1 fully saturated rings. The van der Waals surface area contributed by atoms with Crippen molar-refractivity contribution in [1.82, 2.24) is 15.3 Å². The summed E-state index contributed by atoms with van der Waals surface area (Å²) in [6.45, 7) is 2.24. The molecule has 0 aliphatic carbocycles. The maximum atomic E-state index is 4.58. The third-order valence-corrected chi connectivity index (χ3v) is 7.22. The second-order valence-corrected chi connectivity index (χ2v) is 9.28. The molecule has 5 heteroatoms. The molecule has 2 aromatic heterocycles. The molecule has 32 heavy (non-hydrogen) atoms. The number of nitrogens with one attached hydrogen (secondary N) is 2. The van der Waals surface area contributed by atoms with Crippen molar-refractivity contribution in [2.24, 2.45) is 0 Å². The molecule has 5 aromatic rings. The molecule has 3 heterocycles. The van der Waals surface area contributed by atoms with Crippen LogP contribution in [0.3, 0.4) is 0 Å². The van der Waals surface area contributed by atoms with Crippen molar-refractivity contribution in [3.8, 4) is 11.1 Å². The number of aromatic nitrogens is 2. The van der Waals surface area contributed by atoms with Gasteiger partial charge in [0.2, 0.25) is 0 Å². The number of pyridine rings is 1. The van der Waals surface area contributed by atoms with Crippen LogP contribution in [0.5, 0.6) is 0 Å². The van der Waals surface area contributed by atoms with Crippen LogP contribution in [0.25, 0.3) is 32.2 Å². The van der Waals surface area contributed by atoms with Crippen molar-refractivity contribution in [2.75, 3.05) is 18.4 Å². The monoisotopic (exact) mass is 436 g/mol. The van der Waals surface area contributed by atoms with Crippen LogP contribution in [0.2, 0.25) is 0 Å². The standard InChI is InChI=1S/C27H24N4S/c1-3-19(4-2-18(1)20-9-12-28-13-10-20)21-5-7-24-23(15-21)25(11-14-29-24)31-22-6-8-27-26(16-22)30-17-32-27/h1-8,11,14-17,20,28H,9-10,12-13H2,(H,29,31). The van der Waals surface area contributed by atoms with Gasteiger partial charge in [-0.3, -0.25) is 4.98 Å². The number of hydrogen-bond donors (Lipinski definition) is 2. The smallest absolute Gasteiger partial charge is 0.0832 e. The van der Waals surface area contributed by atoms with Gasteiger partial charge in [0.15, 0.2) is 0 Å². The van der Waals surface area contributed by atoms with Gasteiger partial charge in [0.25, 0.3) is 0 Å². The summed E-state index contributed by atoms with van der Waals surface area (Å²) in [7, 11) is 0. The third kappa shape index (κ3) is 3.74. The van der Waals surface area contributed by atoms with E-state index in [1.807, 2.05) is 17.8 Å². The van der Waals surface area contributed by atoms with Crippen molar-refractivity contribution in [2.45, 2.75) is 18.8 Å². The highest BCUT2D eigenvalue weighted by Gasteiger charge is 2.15. The molecule has 1 saturated heterocycles. The van der Waals surface area contributed by atoms with Gasteiger partial charge in [-0.05, 0) is 84.9 Å². The Hall–Kier alpha value is -3.28. The average molecular weight is 437 g/mol. The van der Waals surface area contributed by atoms with E-state index in [1.165, 1.54) is 34.2 Å². The minimum absolute atomic E-state index is 0.678. The Bertz CT molecular complexity index is 1380. The topological polar surface area (TPSA) is 49.8 Å². The van der Waals surface area contributed by atoms with Crippen LogP contribution in [-0.2, 0) is 0 Å². The molecular formula is C27H24N4S. The highest BCUT2D eigenvalue weighted by Crippen LogP contribution is 2.32. The van der Waals surface area contributed by atoms with Gasteiger partial charge >= 0.3 is 0 Å². The summed E-state index contributed by atoms with van der Waals surface area (Å²) in [5, 5.41) is 8.15. The number of anilines is 2. The van der Waals surface area contributed by atoms with Crippen LogP contribution in [0.4, 0.5) is 11.4 Å². The van der Waals surface area contributed by atoms with E-state index in [0.717, 1.165) is 40.9 Å². The van der Waals surface area contributed by atoms with E-state index in [9.17, 15) is 0 Å². The number of fused-ring (bicyclic) bond motifs is 2. The maximum absolute atomic E-state index is 4.58. The van der Waals surface area contributed by atoms with Crippen LogP contribution in [0.15, 0.2) is 78.4 Å². The average Bonchev–Trinajstić information content (AvgIpc) is 3.33. The van der Waals surface area contributed by atoms with E-state index in [2.05, 4.69) is 81.3 Å². The zero-order valence-electron chi connectivity index (χ0n) is 17.7. The van der Waals surface area contributed by atoms with Crippen molar-refractivity contribution in [3.05, 3.63) is 84.0 Å². The lowest BCUT2D eigenvalue weighted by molar-refractivity contribution is 0.460. The fourth-order valence-electron chi connectivity index (χ4n) is 4.63. The number of piperidine rings is 1. The molecule has 3 aromatic carbocycles. The second kappa shape index (κ2) is 8.34. The Morgan fingerprint density at radius 3 is 2.53 bits per heavy atom. The van der Waals surface area contributed by atoms with Gasteiger partial charge in [0, 0.05) is 23.0 Å². The minimum atomic E-state index is 0.678. The predicted molar refractivity (Wildman–Crippen MR) is 135 cm³/mol. The van der Waals surface area contributed by atoms with Gasteiger partial charge in [0.1, 0.15) is 0 Å². The molecule has 4 nitrogen and oxygen atoms in total. The first-order valence-corrected chi connectivity index (χ1v) is 12.0. The number of nitrogens with zero attached hydrogens (tertiary/aromatic N) is 2. The first-order valence-electron chi connectivity index (χ1n) is 11.1. The van der Waals surface area contributed by atoms with Crippen LogP contribution < -0.4 is 10.6 Å². The summed E-state index contributed by atoms with van der Waals surface area (Å²) in [5.41, 5.74) is 9.89. The second-order valence-electron chi connectivity index (χ2n) is 8.40. The van der Waals surface area contributed by atoms with Gasteiger partial charge in [-0.2, -0.15) is 0 Å². The molecule has 0 bridgehead atoms. The fraction of sp³-hybridized carbons (Fsp3) is 0.185. The number of rotatable bonds is 4. The van der Waals surface area contributed by atoms with Gasteiger partial charge in [0.05, 0.1) is 21.2 Å². The Kier molecular flexibility index (Phi) is 5.06. The third-order valence-electron chi connectivity index (χ3n) is 6.41. The van der Waals surface area contributed by atoms with Crippen LogP contribution in [-0.4, -0.2) is 23.1 Å². The largest absolute Gasteiger partial charge is 0.355 e. The zero-order chi connectivity index (χ0) is 21.3. The molecule has 0 atom stereocenters. The molecule has 0 spiro atoms. The quantitative estimate of drug-likeness (QED) is 0.328. The van der Waals surface area contributed by atoms with Crippen LogP contribution in [0.1, 0.15) is 24.3 Å². The van der Waals surface area contributed by atoms with Crippen molar-refractivity contribution < 1.29 is 0 Å². The molecular weight excluding hydrogens is 412 g/mol. The molecule has 0 unspecified atom stereocenters. The normalized spacial score (nSPS) is 14.8. The molecule has 0 saturated carbocycles. The lowest BCUT2D eigenvalue weighted by Crippen LogP contribution is -2.26. The number of thiazole rings is 1. The summed E-state index contributed by atoms with van der Waals surface area (Å²) < 4.78 is 1.20. The van der Waals surface area contributed by atoms with E-state index in [0.29, 0.717) is 5.92 Å². The summed E-state index contributed by atoms with van der Waals surface area (Å²) in [4.78, 5) is 9.02. The summed E-state index contributed by atoms with van der Waals surface area (Å²) in [6, 6.07) is 24.0. The number of hydrogen-bond acceptors (Lipinski definition) is 5. The molecule has 0 amide bonds. The summed E-state index contributed by atoms with van der Waals surface area (Å²) in [5.74, 6) is 0.678. The van der Waals surface area contributed by atoms with E-state index in [-0.39, 0.29) is 0 Å². The van der Waals surface area contributed by atoms with Gasteiger partial charge < -0.3 is 10.6 Å². The summed E-state index contributed by atoms with van der Waals surface area (Å²) >= 11 is 1.66. The molecule has 158 valence electrons. The lowest BCUT2D eigenvalue weighted by Gasteiger charge is -2.23. The van der Waals surface area contributed by atoms with E-state index >= 15 is 0 Å². The zero-order valence-corrected chi connectivity index (χ0v) is 18.5.